The van der Waals surface area contributed by atoms with Crippen LogP contribution in [0.3, 0.4) is 0 Å². The lowest BCUT2D eigenvalue weighted by Gasteiger charge is -2.00. The molecule has 0 aliphatic carbocycles. The zero-order valence-electron chi connectivity index (χ0n) is 14.4. The number of halogens is 1. The Hall–Kier alpha value is -3.32. The maximum atomic E-state index is 13.2. The number of amides is 1. The van der Waals surface area contributed by atoms with Crippen molar-refractivity contribution < 1.29 is 9.18 Å². The third kappa shape index (κ3) is 3.37. The summed E-state index contributed by atoms with van der Waals surface area (Å²) in [7, 11) is 0. The topological polar surface area (TPSA) is 73.8 Å². The molecule has 2 N–H and O–H groups in total. The van der Waals surface area contributed by atoms with Gasteiger partial charge in [0.25, 0.3) is 5.91 Å². The second-order valence-electron chi connectivity index (χ2n) is 6.08. The Labute approximate surface area is 158 Å². The van der Waals surface area contributed by atoms with E-state index in [9.17, 15) is 9.18 Å². The van der Waals surface area contributed by atoms with Gasteiger partial charge in [-0.1, -0.05) is 29.8 Å². The van der Waals surface area contributed by atoms with Gasteiger partial charge in [-0.2, -0.15) is 9.78 Å². The van der Waals surface area contributed by atoms with E-state index in [1.807, 2.05) is 36.6 Å². The molecule has 0 spiro atoms. The Balaban J connectivity index is 1.76. The van der Waals surface area contributed by atoms with Crippen molar-refractivity contribution in [1.29, 1.82) is 0 Å². The van der Waals surface area contributed by atoms with Crippen LogP contribution in [0.25, 0.3) is 27.6 Å². The number of hydrogen-bond acceptors (Lipinski definition) is 4. The number of primary amides is 1. The van der Waals surface area contributed by atoms with Gasteiger partial charge in [0.05, 0.1) is 11.4 Å². The Kier molecular flexibility index (Phi) is 4.29. The van der Waals surface area contributed by atoms with Crippen LogP contribution in [-0.2, 0) is 0 Å². The van der Waals surface area contributed by atoms with Gasteiger partial charge < -0.3 is 5.73 Å². The van der Waals surface area contributed by atoms with Crippen molar-refractivity contribution in [2.45, 2.75) is 6.92 Å². The standard InChI is InChI=1S/C20H15FN4OS/c1-12-2-4-14(5-3-12)17-11-27-20(23-17)25-18(19(22)26)10-16(24-25)13-6-8-15(21)9-7-13/h2-11H,1H3,(H2,22,26). The molecule has 0 radical (unpaired) electrons. The fourth-order valence-electron chi connectivity index (χ4n) is 2.68. The SMILES string of the molecule is Cc1ccc(-c2csc(-n3nc(-c4ccc(F)cc4)cc3C(N)=O)n2)cc1. The first-order valence-electron chi connectivity index (χ1n) is 8.20. The van der Waals surface area contributed by atoms with Crippen LogP contribution in [0.5, 0.6) is 0 Å². The molecule has 134 valence electrons. The minimum atomic E-state index is -0.608. The molecule has 0 saturated carbocycles. The van der Waals surface area contributed by atoms with E-state index in [4.69, 9.17) is 5.73 Å². The Morgan fingerprint density at radius 2 is 1.67 bits per heavy atom. The summed E-state index contributed by atoms with van der Waals surface area (Å²) in [4.78, 5) is 16.5. The van der Waals surface area contributed by atoms with Crippen LogP contribution in [0.15, 0.2) is 60.0 Å². The molecule has 0 aliphatic heterocycles. The van der Waals surface area contributed by atoms with Crippen molar-refractivity contribution in [1.82, 2.24) is 14.8 Å². The van der Waals surface area contributed by atoms with E-state index in [1.54, 1.807) is 18.2 Å². The minimum Gasteiger partial charge on any atom is -0.364 e. The number of benzene rings is 2. The van der Waals surface area contributed by atoms with Gasteiger partial charge in [-0.3, -0.25) is 4.79 Å². The molecule has 0 atom stereocenters. The summed E-state index contributed by atoms with van der Waals surface area (Å²) in [6.45, 7) is 2.02. The lowest BCUT2D eigenvalue weighted by molar-refractivity contribution is 0.0993. The summed E-state index contributed by atoms with van der Waals surface area (Å²) in [5.41, 5.74) is 9.90. The summed E-state index contributed by atoms with van der Waals surface area (Å²) < 4.78 is 14.6. The molecule has 0 unspecified atom stereocenters. The van der Waals surface area contributed by atoms with Gasteiger partial charge in [0, 0.05) is 16.5 Å². The van der Waals surface area contributed by atoms with Crippen LogP contribution in [0.4, 0.5) is 4.39 Å². The molecule has 0 aliphatic rings. The molecule has 0 fully saturated rings. The van der Waals surface area contributed by atoms with Gasteiger partial charge in [0.2, 0.25) is 5.13 Å². The van der Waals surface area contributed by atoms with E-state index in [-0.39, 0.29) is 11.5 Å². The van der Waals surface area contributed by atoms with Crippen LogP contribution >= 0.6 is 11.3 Å². The van der Waals surface area contributed by atoms with Gasteiger partial charge in [-0.05, 0) is 37.3 Å². The van der Waals surface area contributed by atoms with Crippen LogP contribution in [0.2, 0.25) is 0 Å². The number of carbonyl (C=O) groups is 1. The molecule has 2 aromatic heterocycles. The molecule has 1 amide bonds. The molecule has 2 aromatic carbocycles. The van der Waals surface area contributed by atoms with Crippen molar-refractivity contribution in [2.75, 3.05) is 0 Å². The third-order valence-electron chi connectivity index (χ3n) is 4.12. The minimum absolute atomic E-state index is 0.221. The predicted octanol–water partition coefficient (Wildman–Crippen LogP) is 4.21. The maximum absolute atomic E-state index is 13.2. The average Bonchev–Trinajstić information content (AvgIpc) is 3.30. The van der Waals surface area contributed by atoms with Crippen LogP contribution in [-0.4, -0.2) is 20.7 Å². The first-order valence-corrected chi connectivity index (χ1v) is 9.08. The van der Waals surface area contributed by atoms with E-state index in [2.05, 4.69) is 10.1 Å². The summed E-state index contributed by atoms with van der Waals surface area (Å²) in [6.07, 6.45) is 0. The van der Waals surface area contributed by atoms with Crippen molar-refractivity contribution in [3.05, 3.63) is 77.1 Å². The number of nitrogens with two attached hydrogens (primary N) is 1. The van der Waals surface area contributed by atoms with E-state index in [0.717, 1.165) is 11.3 Å². The number of carbonyl (C=O) groups excluding carboxylic acids is 1. The Bertz CT molecular complexity index is 1110. The summed E-state index contributed by atoms with van der Waals surface area (Å²) in [6, 6.07) is 15.5. The van der Waals surface area contributed by atoms with Gasteiger partial charge in [-0.15, -0.1) is 11.3 Å². The monoisotopic (exact) mass is 378 g/mol. The summed E-state index contributed by atoms with van der Waals surface area (Å²) in [5, 5.41) is 6.91. The lowest BCUT2D eigenvalue weighted by atomic mass is 10.1. The van der Waals surface area contributed by atoms with Crippen LogP contribution in [0.1, 0.15) is 16.1 Å². The van der Waals surface area contributed by atoms with Crippen molar-refractivity contribution in [3.8, 4) is 27.6 Å². The first-order chi connectivity index (χ1) is 13.0. The van der Waals surface area contributed by atoms with Crippen LogP contribution < -0.4 is 5.73 Å². The Morgan fingerprint density at radius 1 is 1.04 bits per heavy atom. The highest BCUT2D eigenvalue weighted by Gasteiger charge is 2.18. The molecule has 0 saturated heterocycles. The normalized spacial score (nSPS) is 10.9. The third-order valence-corrected chi connectivity index (χ3v) is 4.94. The fourth-order valence-corrected chi connectivity index (χ4v) is 3.48. The van der Waals surface area contributed by atoms with E-state index in [1.165, 1.54) is 33.7 Å². The molecule has 2 heterocycles. The quantitative estimate of drug-likeness (QED) is 0.578. The molecule has 4 rings (SSSR count). The highest BCUT2D eigenvalue weighted by molar-refractivity contribution is 7.12. The van der Waals surface area contributed by atoms with Gasteiger partial charge >= 0.3 is 0 Å². The van der Waals surface area contributed by atoms with E-state index in [0.29, 0.717) is 16.4 Å². The predicted molar refractivity (Wildman–Crippen MR) is 103 cm³/mol. The number of nitrogens with zero attached hydrogens (tertiary/aromatic N) is 3. The number of thiazole rings is 1. The van der Waals surface area contributed by atoms with Gasteiger partial charge in [0.15, 0.2) is 0 Å². The number of hydrogen-bond donors (Lipinski definition) is 1. The number of aromatic nitrogens is 3. The molecular formula is C20H15FN4OS. The average molecular weight is 378 g/mol. The highest BCUT2D eigenvalue weighted by Crippen LogP contribution is 2.27. The second kappa shape index (κ2) is 6.77. The zero-order chi connectivity index (χ0) is 19.0. The van der Waals surface area contributed by atoms with Crippen molar-refractivity contribution >= 4 is 17.2 Å². The summed E-state index contributed by atoms with van der Waals surface area (Å²) in [5.74, 6) is -0.945. The first kappa shape index (κ1) is 17.1. The van der Waals surface area contributed by atoms with E-state index >= 15 is 0 Å². The molecule has 27 heavy (non-hydrogen) atoms. The number of rotatable bonds is 4. The fraction of sp³-hybridized carbons (Fsp3) is 0.0500. The Morgan fingerprint density at radius 3 is 2.33 bits per heavy atom. The highest BCUT2D eigenvalue weighted by atomic mass is 32.1. The lowest BCUT2D eigenvalue weighted by Crippen LogP contribution is -2.16. The smallest absolute Gasteiger partial charge is 0.267 e. The van der Waals surface area contributed by atoms with Gasteiger partial charge in [-0.25, -0.2) is 9.37 Å². The van der Waals surface area contributed by atoms with Crippen molar-refractivity contribution in [3.63, 3.8) is 0 Å². The number of aryl methyl sites for hydroxylation is 1. The zero-order valence-corrected chi connectivity index (χ0v) is 15.2. The molecule has 0 bridgehead atoms. The molecule has 4 aromatic rings. The van der Waals surface area contributed by atoms with Crippen LogP contribution in [0, 0.1) is 12.7 Å². The summed E-state index contributed by atoms with van der Waals surface area (Å²) >= 11 is 1.37. The van der Waals surface area contributed by atoms with E-state index < -0.39 is 5.91 Å². The van der Waals surface area contributed by atoms with Crippen molar-refractivity contribution in [2.24, 2.45) is 5.73 Å². The maximum Gasteiger partial charge on any atom is 0.267 e. The molecule has 5 nitrogen and oxygen atoms in total. The molecular weight excluding hydrogens is 363 g/mol. The molecule has 7 heteroatoms. The van der Waals surface area contributed by atoms with Gasteiger partial charge in [0.1, 0.15) is 11.5 Å². The largest absolute Gasteiger partial charge is 0.364 e. The second-order valence-corrected chi connectivity index (χ2v) is 6.92.